The van der Waals surface area contributed by atoms with Crippen LogP contribution in [0.25, 0.3) is 11.0 Å². The van der Waals surface area contributed by atoms with Crippen LogP contribution in [0.2, 0.25) is 0 Å². The van der Waals surface area contributed by atoms with Crippen molar-refractivity contribution in [1.29, 1.82) is 0 Å². The maximum absolute atomic E-state index is 9.96. The van der Waals surface area contributed by atoms with E-state index in [1.165, 1.54) is 17.0 Å². The number of imidazole rings is 1. The molecule has 0 saturated carbocycles. The van der Waals surface area contributed by atoms with Crippen molar-refractivity contribution < 1.29 is 25.2 Å². The Morgan fingerprint density at radius 1 is 1.26 bits per heavy atom. The molecule has 2 heterocycles. The molecule has 3 rings (SSSR count). The zero-order valence-corrected chi connectivity index (χ0v) is 9.92. The van der Waals surface area contributed by atoms with Crippen LogP contribution in [-0.2, 0) is 4.74 Å². The Labute approximate surface area is 108 Å². The van der Waals surface area contributed by atoms with Crippen molar-refractivity contribution >= 4 is 11.0 Å². The molecule has 4 N–H and O–H groups in total. The second kappa shape index (κ2) is 4.46. The van der Waals surface area contributed by atoms with Gasteiger partial charge in [-0.25, -0.2) is 4.98 Å². The van der Waals surface area contributed by atoms with Gasteiger partial charge in [0, 0.05) is 0 Å². The van der Waals surface area contributed by atoms with Crippen LogP contribution < -0.4 is 0 Å². The van der Waals surface area contributed by atoms with E-state index >= 15 is 0 Å². The van der Waals surface area contributed by atoms with E-state index in [2.05, 4.69) is 4.98 Å². The third-order valence-corrected chi connectivity index (χ3v) is 3.37. The molecule has 1 aromatic carbocycles. The summed E-state index contributed by atoms with van der Waals surface area (Å²) in [4.78, 5) is 4.05. The van der Waals surface area contributed by atoms with E-state index in [0.717, 1.165) is 0 Å². The third kappa shape index (κ3) is 1.79. The fraction of sp³-hybridized carbons (Fsp3) is 0.417. The summed E-state index contributed by atoms with van der Waals surface area (Å²) in [5.41, 5.74) is 0.968. The number of rotatable bonds is 2. The molecule has 7 nitrogen and oxygen atoms in total. The summed E-state index contributed by atoms with van der Waals surface area (Å²) < 4.78 is 6.95. The van der Waals surface area contributed by atoms with E-state index in [1.54, 1.807) is 12.1 Å². The molecule has 19 heavy (non-hydrogen) atoms. The fourth-order valence-corrected chi connectivity index (χ4v) is 2.35. The molecule has 4 atom stereocenters. The highest BCUT2D eigenvalue weighted by Gasteiger charge is 2.43. The quantitative estimate of drug-likeness (QED) is 0.575. The van der Waals surface area contributed by atoms with Crippen LogP contribution in [-0.4, -0.2) is 54.9 Å². The van der Waals surface area contributed by atoms with Crippen molar-refractivity contribution in [2.45, 2.75) is 24.5 Å². The number of aromatic hydroxyl groups is 1. The average molecular weight is 266 g/mol. The molecule has 0 spiro atoms. The van der Waals surface area contributed by atoms with Crippen molar-refractivity contribution in [2.75, 3.05) is 6.61 Å². The molecule has 1 fully saturated rings. The van der Waals surface area contributed by atoms with E-state index in [0.29, 0.717) is 11.0 Å². The van der Waals surface area contributed by atoms with Crippen molar-refractivity contribution in [2.24, 2.45) is 0 Å². The van der Waals surface area contributed by atoms with Gasteiger partial charge in [-0.1, -0.05) is 6.07 Å². The fourth-order valence-electron chi connectivity index (χ4n) is 2.35. The third-order valence-electron chi connectivity index (χ3n) is 3.37. The smallest absolute Gasteiger partial charge is 0.164 e. The maximum Gasteiger partial charge on any atom is 0.164 e. The molecular weight excluding hydrogens is 252 g/mol. The monoisotopic (exact) mass is 266 g/mol. The molecule has 0 unspecified atom stereocenters. The molecule has 0 amide bonds. The van der Waals surface area contributed by atoms with E-state index < -0.39 is 24.5 Å². The minimum Gasteiger partial charge on any atom is -0.506 e. The second-order valence-electron chi connectivity index (χ2n) is 4.53. The van der Waals surface area contributed by atoms with Crippen molar-refractivity contribution in [3.8, 4) is 5.75 Å². The van der Waals surface area contributed by atoms with E-state index in [9.17, 15) is 15.3 Å². The highest BCUT2D eigenvalue weighted by Crippen LogP contribution is 2.33. The molecule has 0 aliphatic carbocycles. The number of hydrogen-bond donors (Lipinski definition) is 4. The van der Waals surface area contributed by atoms with Crippen LogP contribution in [0.4, 0.5) is 0 Å². The molecule has 1 aromatic heterocycles. The SMILES string of the molecule is OC[C@H]1O[C@@H](n2cnc3c(O)cccc32)[C@H](O)[C@@H]1O. The highest BCUT2D eigenvalue weighted by atomic mass is 16.6. The Bertz CT molecular complexity index is 599. The lowest BCUT2D eigenvalue weighted by molar-refractivity contribution is -0.0508. The number of para-hydroxylation sites is 1. The number of phenolic OH excluding ortho intramolecular Hbond substituents is 1. The van der Waals surface area contributed by atoms with Gasteiger partial charge in [0.1, 0.15) is 29.6 Å². The molecule has 102 valence electrons. The van der Waals surface area contributed by atoms with Crippen LogP contribution in [0.15, 0.2) is 24.5 Å². The first-order valence-corrected chi connectivity index (χ1v) is 5.90. The highest BCUT2D eigenvalue weighted by molar-refractivity contribution is 5.81. The van der Waals surface area contributed by atoms with Gasteiger partial charge in [0.05, 0.1) is 18.5 Å². The van der Waals surface area contributed by atoms with Gasteiger partial charge in [0.15, 0.2) is 6.23 Å². The lowest BCUT2D eigenvalue weighted by Crippen LogP contribution is -2.33. The van der Waals surface area contributed by atoms with Crippen LogP contribution in [0.1, 0.15) is 6.23 Å². The number of hydrogen-bond acceptors (Lipinski definition) is 6. The molecule has 1 saturated heterocycles. The summed E-state index contributed by atoms with van der Waals surface area (Å²) in [6, 6.07) is 4.88. The van der Waals surface area contributed by atoms with Crippen LogP contribution in [0.5, 0.6) is 5.75 Å². The summed E-state index contributed by atoms with van der Waals surface area (Å²) in [7, 11) is 0. The van der Waals surface area contributed by atoms with E-state index in [-0.39, 0.29) is 12.4 Å². The largest absolute Gasteiger partial charge is 0.506 e. The second-order valence-corrected chi connectivity index (χ2v) is 4.53. The summed E-state index contributed by atoms with van der Waals surface area (Å²) in [5.74, 6) is 0.0305. The van der Waals surface area contributed by atoms with Crippen LogP contribution in [0.3, 0.4) is 0 Å². The number of nitrogens with zero attached hydrogens (tertiary/aromatic N) is 2. The Morgan fingerprint density at radius 2 is 2.05 bits per heavy atom. The predicted octanol–water partition coefficient (Wildman–Crippen LogP) is -0.647. The molecule has 0 radical (unpaired) electrons. The molecule has 1 aliphatic rings. The Morgan fingerprint density at radius 3 is 2.74 bits per heavy atom. The number of aliphatic hydroxyl groups excluding tert-OH is 3. The van der Waals surface area contributed by atoms with E-state index in [1.807, 2.05) is 0 Å². The Balaban J connectivity index is 2.04. The normalized spacial score (nSPS) is 31.1. The topological polar surface area (TPSA) is 108 Å². The zero-order chi connectivity index (χ0) is 13.6. The standard InChI is InChI=1S/C12H14N2O5/c15-4-8-10(17)11(18)12(19-8)14-5-13-9-6(14)2-1-3-7(9)16/h1-3,5,8,10-12,15-18H,4H2/t8-,10-,11-,12-/m1/s1. The number of fused-ring (bicyclic) bond motifs is 1. The first-order chi connectivity index (χ1) is 9.13. The molecule has 7 heteroatoms. The van der Waals surface area contributed by atoms with Gasteiger partial charge in [-0.3, -0.25) is 0 Å². The van der Waals surface area contributed by atoms with Gasteiger partial charge in [0.2, 0.25) is 0 Å². The van der Waals surface area contributed by atoms with Gasteiger partial charge in [-0.05, 0) is 12.1 Å². The van der Waals surface area contributed by atoms with Gasteiger partial charge < -0.3 is 29.7 Å². The Hall–Kier alpha value is -1.67. The van der Waals surface area contributed by atoms with Gasteiger partial charge in [0.25, 0.3) is 0 Å². The first kappa shape index (κ1) is 12.4. The number of benzene rings is 1. The number of aromatic nitrogens is 2. The maximum atomic E-state index is 9.96. The van der Waals surface area contributed by atoms with Gasteiger partial charge in [-0.2, -0.15) is 0 Å². The van der Waals surface area contributed by atoms with Crippen molar-refractivity contribution in [3.63, 3.8) is 0 Å². The Kier molecular flexibility index (Phi) is 2.90. The predicted molar refractivity (Wildman–Crippen MR) is 64.4 cm³/mol. The van der Waals surface area contributed by atoms with Crippen LogP contribution >= 0.6 is 0 Å². The van der Waals surface area contributed by atoms with E-state index in [4.69, 9.17) is 9.84 Å². The lowest BCUT2D eigenvalue weighted by Gasteiger charge is -2.17. The number of aliphatic hydroxyl groups is 3. The summed E-state index contributed by atoms with van der Waals surface area (Å²) in [5, 5.41) is 38.4. The average Bonchev–Trinajstić information content (AvgIpc) is 2.94. The summed E-state index contributed by atoms with van der Waals surface area (Å²) in [6.07, 6.45) is -2.60. The van der Waals surface area contributed by atoms with Crippen molar-refractivity contribution in [3.05, 3.63) is 24.5 Å². The van der Waals surface area contributed by atoms with Crippen LogP contribution in [0, 0.1) is 0 Å². The summed E-state index contributed by atoms with van der Waals surface area (Å²) in [6.45, 7) is -0.382. The number of ether oxygens (including phenoxy) is 1. The zero-order valence-electron chi connectivity index (χ0n) is 9.92. The number of phenols is 1. The van der Waals surface area contributed by atoms with Crippen molar-refractivity contribution in [1.82, 2.24) is 9.55 Å². The molecular formula is C12H14N2O5. The molecule has 0 bridgehead atoms. The van der Waals surface area contributed by atoms with Gasteiger partial charge >= 0.3 is 0 Å². The molecule has 2 aromatic rings. The minimum absolute atomic E-state index is 0.0305. The summed E-state index contributed by atoms with van der Waals surface area (Å²) >= 11 is 0. The lowest BCUT2D eigenvalue weighted by atomic mass is 10.1. The first-order valence-electron chi connectivity index (χ1n) is 5.90. The molecule has 1 aliphatic heterocycles. The van der Waals surface area contributed by atoms with Gasteiger partial charge in [-0.15, -0.1) is 0 Å². The minimum atomic E-state index is -1.17.